The molecule has 1 aromatic carbocycles. The number of benzene rings is 1. The second-order valence-corrected chi connectivity index (χ2v) is 6.92. The molecular weight excluding hydrogens is 274 g/mol. The highest BCUT2D eigenvalue weighted by molar-refractivity contribution is 7.94. The van der Waals surface area contributed by atoms with Crippen molar-refractivity contribution in [1.82, 2.24) is 5.32 Å². The third-order valence-electron chi connectivity index (χ3n) is 3.19. The zero-order chi connectivity index (χ0) is 14.4. The minimum absolute atomic E-state index is 0.0829. The van der Waals surface area contributed by atoms with Crippen molar-refractivity contribution in [2.75, 3.05) is 12.4 Å². The van der Waals surface area contributed by atoms with E-state index in [4.69, 9.17) is 4.74 Å². The number of rotatable bonds is 7. The van der Waals surface area contributed by atoms with E-state index in [-0.39, 0.29) is 11.8 Å². The second-order valence-electron chi connectivity index (χ2n) is 4.99. The Labute approximate surface area is 120 Å². The molecule has 1 aromatic rings. The van der Waals surface area contributed by atoms with Crippen molar-refractivity contribution in [3.8, 4) is 5.75 Å². The number of sulfone groups is 1. The van der Waals surface area contributed by atoms with Crippen molar-refractivity contribution in [1.29, 1.82) is 0 Å². The Morgan fingerprint density at radius 1 is 1.30 bits per heavy atom. The number of ether oxygens (including phenoxy) is 1. The molecule has 1 N–H and O–H groups in total. The average Bonchev–Trinajstić information content (AvgIpc) is 2.78. The Bertz CT molecular complexity index is 549. The Hall–Kier alpha value is -1.33. The smallest absolute Gasteiger partial charge is 0.173 e. The minimum atomic E-state index is -2.98. The summed E-state index contributed by atoms with van der Waals surface area (Å²) in [5, 5.41) is 4.51. The van der Waals surface area contributed by atoms with Gasteiger partial charge in [0.05, 0.1) is 12.4 Å². The van der Waals surface area contributed by atoms with Gasteiger partial charge in [0.1, 0.15) is 5.75 Å². The summed E-state index contributed by atoms with van der Waals surface area (Å²) < 4.78 is 28.2. The first kappa shape index (κ1) is 15.1. The first-order valence-corrected chi connectivity index (χ1v) is 8.67. The van der Waals surface area contributed by atoms with E-state index in [1.807, 2.05) is 24.3 Å². The molecule has 0 bridgehead atoms. The zero-order valence-corrected chi connectivity index (χ0v) is 12.5. The predicted octanol–water partition coefficient (Wildman–Crippen LogP) is 2.27. The van der Waals surface area contributed by atoms with Gasteiger partial charge in [-0.05, 0) is 24.1 Å². The van der Waals surface area contributed by atoms with E-state index in [1.165, 1.54) is 5.41 Å². The van der Waals surface area contributed by atoms with E-state index in [0.29, 0.717) is 6.54 Å². The van der Waals surface area contributed by atoms with Crippen LogP contribution >= 0.6 is 0 Å². The molecule has 0 saturated carbocycles. The molecular formula is C15H21NO3S. The molecule has 0 radical (unpaired) electrons. The molecule has 0 saturated heterocycles. The van der Waals surface area contributed by atoms with Gasteiger partial charge in [-0.2, -0.15) is 0 Å². The maximum atomic E-state index is 11.3. The van der Waals surface area contributed by atoms with Crippen LogP contribution in [0.25, 0.3) is 0 Å². The standard InChI is InChI=1S/C15H21NO3S/c1-2-3-9-19-15-6-4-13(5-7-15)11-16-14-8-10-20(17,18)12-14/h4-8,10,14,16H,2-3,9,11-12H2,1H3. The summed E-state index contributed by atoms with van der Waals surface area (Å²) >= 11 is 0. The van der Waals surface area contributed by atoms with Gasteiger partial charge in [-0.1, -0.05) is 31.6 Å². The molecule has 1 atom stereocenters. The summed E-state index contributed by atoms with van der Waals surface area (Å²) in [5.74, 6) is 1.04. The lowest BCUT2D eigenvalue weighted by atomic mass is 10.2. The first-order valence-electron chi connectivity index (χ1n) is 6.95. The number of hydrogen-bond donors (Lipinski definition) is 1. The molecule has 0 spiro atoms. The molecule has 4 nitrogen and oxygen atoms in total. The van der Waals surface area contributed by atoms with Gasteiger partial charge in [-0.3, -0.25) is 0 Å². The summed E-state index contributed by atoms with van der Waals surface area (Å²) in [5.41, 5.74) is 1.12. The van der Waals surface area contributed by atoms with Gasteiger partial charge in [-0.25, -0.2) is 8.42 Å². The van der Waals surface area contributed by atoms with Crippen molar-refractivity contribution < 1.29 is 13.2 Å². The molecule has 5 heteroatoms. The highest BCUT2D eigenvalue weighted by atomic mass is 32.2. The van der Waals surface area contributed by atoms with Gasteiger partial charge in [0.15, 0.2) is 9.84 Å². The summed E-state index contributed by atoms with van der Waals surface area (Å²) in [6, 6.07) is 7.82. The molecule has 0 fully saturated rings. The molecule has 1 aliphatic heterocycles. The monoisotopic (exact) mass is 295 g/mol. The zero-order valence-electron chi connectivity index (χ0n) is 11.7. The fraction of sp³-hybridized carbons (Fsp3) is 0.467. The van der Waals surface area contributed by atoms with Crippen molar-refractivity contribution in [2.24, 2.45) is 0 Å². The van der Waals surface area contributed by atoms with E-state index in [1.54, 1.807) is 6.08 Å². The second kappa shape index (κ2) is 6.90. The van der Waals surface area contributed by atoms with Gasteiger partial charge >= 0.3 is 0 Å². The number of unbranched alkanes of at least 4 members (excludes halogenated alkanes) is 1. The highest BCUT2D eigenvalue weighted by Gasteiger charge is 2.20. The molecule has 1 unspecified atom stereocenters. The maximum absolute atomic E-state index is 11.3. The lowest BCUT2D eigenvalue weighted by molar-refractivity contribution is 0.309. The first-order chi connectivity index (χ1) is 9.59. The summed E-state index contributed by atoms with van der Waals surface area (Å²) in [6.07, 6.45) is 3.89. The molecule has 1 heterocycles. The Morgan fingerprint density at radius 2 is 2.05 bits per heavy atom. The van der Waals surface area contributed by atoms with Crippen LogP contribution in [0.5, 0.6) is 5.75 Å². The van der Waals surface area contributed by atoms with Crippen LogP contribution in [0.2, 0.25) is 0 Å². The minimum Gasteiger partial charge on any atom is -0.494 e. The van der Waals surface area contributed by atoms with Crippen LogP contribution in [0, 0.1) is 0 Å². The Balaban J connectivity index is 1.78. The normalized spacial score (nSPS) is 20.1. The van der Waals surface area contributed by atoms with Crippen LogP contribution in [0.4, 0.5) is 0 Å². The topological polar surface area (TPSA) is 55.4 Å². The van der Waals surface area contributed by atoms with Crippen LogP contribution < -0.4 is 10.1 Å². The highest BCUT2D eigenvalue weighted by Crippen LogP contribution is 2.14. The SMILES string of the molecule is CCCCOc1ccc(CNC2C=CS(=O)(=O)C2)cc1. The van der Waals surface area contributed by atoms with E-state index < -0.39 is 9.84 Å². The van der Waals surface area contributed by atoms with E-state index >= 15 is 0 Å². The quantitative estimate of drug-likeness (QED) is 0.784. The van der Waals surface area contributed by atoms with Crippen molar-refractivity contribution in [3.05, 3.63) is 41.3 Å². The summed E-state index contributed by atoms with van der Waals surface area (Å²) in [7, 11) is -2.98. The van der Waals surface area contributed by atoms with Crippen molar-refractivity contribution in [2.45, 2.75) is 32.4 Å². The number of hydrogen-bond acceptors (Lipinski definition) is 4. The fourth-order valence-corrected chi connectivity index (χ4v) is 3.26. The van der Waals surface area contributed by atoms with Crippen LogP contribution in [0.3, 0.4) is 0 Å². The molecule has 0 amide bonds. The molecule has 0 aromatic heterocycles. The summed E-state index contributed by atoms with van der Waals surface area (Å²) in [4.78, 5) is 0. The lowest BCUT2D eigenvalue weighted by Gasteiger charge is -2.10. The Kier molecular flexibility index (Phi) is 5.20. The van der Waals surface area contributed by atoms with Gasteiger partial charge < -0.3 is 10.1 Å². The third kappa shape index (κ3) is 4.65. The van der Waals surface area contributed by atoms with Crippen LogP contribution in [-0.4, -0.2) is 26.8 Å². The molecule has 2 rings (SSSR count). The van der Waals surface area contributed by atoms with Gasteiger partial charge in [0.25, 0.3) is 0 Å². The molecule has 20 heavy (non-hydrogen) atoms. The number of nitrogens with one attached hydrogen (secondary N) is 1. The predicted molar refractivity (Wildman–Crippen MR) is 80.4 cm³/mol. The summed E-state index contributed by atoms with van der Waals surface area (Å²) in [6.45, 7) is 3.54. The van der Waals surface area contributed by atoms with Crippen LogP contribution in [-0.2, 0) is 16.4 Å². The van der Waals surface area contributed by atoms with Crippen LogP contribution in [0.1, 0.15) is 25.3 Å². The molecule has 110 valence electrons. The van der Waals surface area contributed by atoms with E-state index in [0.717, 1.165) is 30.8 Å². The lowest BCUT2D eigenvalue weighted by Crippen LogP contribution is -2.29. The maximum Gasteiger partial charge on any atom is 0.173 e. The third-order valence-corrected chi connectivity index (χ3v) is 4.58. The molecule has 1 aliphatic rings. The Morgan fingerprint density at radius 3 is 2.65 bits per heavy atom. The van der Waals surface area contributed by atoms with Gasteiger partial charge in [0.2, 0.25) is 0 Å². The molecule has 0 aliphatic carbocycles. The van der Waals surface area contributed by atoms with Crippen molar-refractivity contribution >= 4 is 9.84 Å². The van der Waals surface area contributed by atoms with Crippen molar-refractivity contribution in [3.63, 3.8) is 0 Å². The van der Waals surface area contributed by atoms with Gasteiger partial charge in [0, 0.05) is 18.0 Å². The average molecular weight is 295 g/mol. The van der Waals surface area contributed by atoms with Crippen LogP contribution in [0.15, 0.2) is 35.7 Å². The largest absolute Gasteiger partial charge is 0.494 e. The fourth-order valence-electron chi connectivity index (χ4n) is 1.99. The van der Waals surface area contributed by atoms with E-state index in [9.17, 15) is 8.42 Å². The van der Waals surface area contributed by atoms with Gasteiger partial charge in [-0.15, -0.1) is 0 Å². The van der Waals surface area contributed by atoms with E-state index in [2.05, 4.69) is 12.2 Å².